The van der Waals surface area contributed by atoms with Gasteiger partial charge in [-0.25, -0.2) is 4.79 Å². The number of nitrogens with one attached hydrogen (secondary N) is 2. The van der Waals surface area contributed by atoms with E-state index in [-0.39, 0.29) is 12.6 Å². The molecule has 184 valence electrons. The van der Waals surface area contributed by atoms with E-state index in [0.29, 0.717) is 12.3 Å². The second kappa shape index (κ2) is 10.3. The molecule has 2 heterocycles. The molecule has 0 aliphatic carbocycles. The first-order valence-corrected chi connectivity index (χ1v) is 11.2. The van der Waals surface area contributed by atoms with Crippen LogP contribution < -0.4 is 10.1 Å². The molecule has 4 rings (SSSR count). The lowest BCUT2D eigenvalue weighted by Gasteiger charge is -2.39. The van der Waals surface area contributed by atoms with E-state index in [1.807, 2.05) is 56.3 Å². The molecular weight excluding hydrogens is 444 g/mol. The molecule has 1 aliphatic heterocycles. The minimum atomic E-state index is -1.78. The summed E-state index contributed by atoms with van der Waals surface area (Å²) in [7, 11) is 0. The summed E-state index contributed by atoms with van der Waals surface area (Å²) in [4.78, 5) is 14.7. The topological polar surface area (TPSA) is 154 Å². The predicted octanol–water partition coefficient (Wildman–Crippen LogP) is 0.975. The second-order valence-corrected chi connectivity index (χ2v) is 8.75. The summed E-state index contributed by atoms with van der Waals surface area (Å²) in [6.45, 7) is 4.29. The number of carbonyl (C=O) groups is 1. The van der Waals surface area contributed by atoms with Gasteiger partial charge in [-0.15, -0.1) is 0 Å². The van der Waals surface area contributed by atoms with E-state index in [1.165, 1.54) is 0 Å². The fourth-order valence-corrected chi connectivity index (χ4v) is 3.97. The number of aliphatic carboxylic acids is 1. The van der Waals surface area contributed by atoms with Gasteiger partial charge in [0.25, 0.3) is 0 Å². The molecular formula is C24H30N2O8. The van der Waals surface area contributed by atoms with Crippen LogP contribution in [0.25, 0.3) is 21.8 Å². The average molecular weight is 475 g/mol. The van der Waals surface area contributed by atoms with E-state index in [1.54, 1.807) is 0 Å². The van der Waals surface area contributed by atoms with Crippen LogP contribution in [0.4, 0.5) is 0 Å². The number of aromatic amines is 1. The van der Waals surface area contributed by atoms with Crippen molar-refractivity contribution >= 4 is 27.8 Å². The van der Waals surface area contributed by atoms with Gasteiger partial charge in [0.05, 0.1) is 0 Å². The number of fused-ring (bicyclic) bond motifs is 3. The van der Waals surface area contributed by atoms with Gasteiger partial charge < -0.3 is 44.9 Å². The van der Waals surface area contributed by atoms with Crippen molar-refractivity contribution in [3.63, 3.8) is 0 Å². The Balaban J connectivity index is 1.49. The molecule has 0 spiro atoms. The summed E-state index contributed by atoms with van der Waals surface area (Å²) >= 11 is 0. The number of rotatable bonds is 9. The van der Waals surface area contributed by atoms with Crippen molar-refractivity contribution in [2.75, 3.05) is 13.2 Å². The summed E-state index contributed by atoms with van der Waals surface area (Å²) < 4.78 is 17.1. The number of para-hydroxylation sites is 1. The van der Waals surface area contributed by atoms with E-state index >= 15 is 0 Å². The van der Waals surface area contributed by atoms with Crippen LogP contribution in [-0.4, -0.2) is 87.4 Å². The van der Waals surface area contributed by atoms with Crippen molar-refractivity contribution in [2.24, 2.45) is 0 Å². The molecule has 1 aliphatic rings. The molecule has 10 nitrogen and oxygen atoms in total. The number of hydrogen-bond donors (Lipinski definition) is 6. The summed E-state index contributed by atoms with van der Waals surface area (Å²) in [5.74, 6) is -0.855. The molecule has 0 unspecified atom stereocenters. The van der Waals surface area contributed by atoms with E-state index in [9.17, 15) is 25.2 Å². The lowest BCUT2D eigenvalue weighted by Crippen LogP contribution is -2.61. The van der Waals surface area contributed by atoms with Crippen LogP contribution >= 0.6 is 0 Å². The number of aromatic nitrogens is 1. The summed E-state index contributed by atoms with van der Waals surface area (Å²) in [6.07, 6.45) is -8.99. The smallest absolute Gasteiger partial charge is 0.335 e. The van der Waals surface area contributed by atoms with Crippen molar-refractivity contribution in [1.29, 1.82) is 0 Å². The SMILES string of the molecule is CC(C)NC[C@H](COc1ccc2[nH]c3ccccc3c2c1)O[C@@H]1O[C@H](C(=O)O)[C@@H](O)[C@H](O)[C@H]1O. The van der Waals surface area contributed by atoms with Crippen molar-refractivity contribution in [2.45, 2.75) is 56.7 Å². The monoisotopic (exact) mass is 474 g/mol. The van der Waals surface area contributed by atoms with Gasteiger partial charge >= 0.3 is 5.97 Å². The zero-order chi connectivity index (χ0) is 24.4. The molecule has 3 aromatic rings. The third-order valence-electron chi connectivity index (χ3n) is 5.81. The molecule has 0 bridgehead atoms. The summed E-state index contributed by atoms with van der Waals surface area (Å²) in [6, 6.07) is 13.8. The zero-order valence-corrected chi connectivity index (χ0v) is 18.9. The number of hydrogen-bond acceptors (Lipinski definition) is 8. The number of aliphatic hydroxyl groups excluding tert-OH is 3. The number of carboxylic acids is 1. The number of aliphatic hydroxyl groups is 3. The van der Waals surface area contributed by atoms with Gasteiger partial charge in [0.1, 0.15) is 36.8 Å². The average Bonchev–Trinajstić information content (AvgIpc) is 3.18. The quantitative estimate of drug-likeness (QED) is 0.266. The number of carboxylic acid groups (broad SMARTS) is 1. The predicted molar refractivity (Wildman–Crippen MR) is 124 cm³/mol. The Morgan fingerprint density at radius 3 is 2.53 bits per heavy atom. The highest BCUT2D eigenvalue weighted by Gasteiger charge is 2.48. The van der Waals surface area contributed by atoms with Crippen molar-refractivity contribution in [1.82, 2.24) is 10.3 Å². The fourth-order valence-electron chi connectivity index (χ4n) is 3.97. The summed E-state index contributed by atoms with van der Waals surface area (Å²) in [5, 5.41) is 44.8. The standard InChI is InChI=1S/C24H30N2O8/c1-12(2)25-10-14(33-24-21(29)19(27)20(28)22(34-24)23(30)31)11-32-13-7-8-18-16(9-13)15-5-3-4-6-17(15)26-18/h3-9,12,14,19-22,24-29H,10-11H2,1-2H3,(H,30,31)/t14-,19+,20+,21-,22+,24-/m1/s1. The van der Waals surface area contributed by atoms with E-state index in [0.717, 1.165) is 21.8 Å². The first kappa shape index (κ1) is 24.4. The lowest BCUT2D eigenvalue weighted by atomic mass is 9.99. The third-order valence-corrected chi connectivity index (χ3v) is 5.81. The Bertz CT molecular complexity index is 1130. The van der Waals surface area contributed by atoms with E-state index in [4.69, 9.17) is 14.2 Å². The van der Waals surface area contributed by atoms with Crippen LogP contribution in [0.1, 0.15) is 13.8 Å². The Kier molecular flexibility index (Phi) is 7.36. The molecule has 2 aromatic carbocycles. The highest BCUT2D eigenvalue weighted by atomic mass is 16.7. The largest absolute Gasteiger partial charge is 0.491 e. The number of H-pyrrole nitrogens is 1. The molecule has 6 atom stereocenters. The van der Waals surface area contributed by atoms with E-state index in [2.05, 4.69) is 10.3 Å². The van der Waals surface area contributed by atoms with Gasteiger partial charge in [-0.05, 0) is 24.3 Å². The van der Waals surface area contributed by atoms with Crippen LogP contribution in [0.3, 0.4) is 0 Å². The first-order chi connectivity index (χ1) is 16.2. The zero-order valence-electron chi connectivity index (χ0n) is 18.9. The fraction of sp³-hybridized carbons (Fsp3) is 0.458. The molecule has 1 aromatic heterocycles. The van der Waals surface area contributed by atoms with Gasteiger partial charge in [0, 0.05) is 34.4 Å². The molecule has 0 amide bonds. The molecule has 0 radical (unpaired) electrons. The van der Waals surface area contributed by atoms with Gasteiger partial charge in [-0.2, -0.15) is 0 Å². The molecule has 1 saturated heterocycles. The summed E-state index contributed by atoms with van der Waals surface area (Å²) in [5.41, 5.74) is 2.00. The van der Waals surface area contributed by atoms with Gasteiger partial charge in [0.2, 0.25) is 0 Å². The number of ether oxygens (including phenoxy) is 3. The maximum Gasteiger partial charge on any atom is 0.335 e. The normalized spacial score (nSPS) is 26.2. The van der Waals surface area contributed by atoms with E-state index < -0.39 is 42.8 Å². The third kappa shape index (κ3) is 5.17. The van der Waals surface area contributed by atoms with Crippen LogP contribution in [0.15, 0.2) is 42.5 Å². The van der Waals surface area contributed by atoms with Gasteiger partial charge in [-0.1, -0.05) is 32.0 Å². The molecule has 1 fully saturated rings. The van der Waals surface area contributed by atoms with Crippen LogP contribution in [0.5, 0.6) is 5.75 Å². The Morgan fingerprint density at radius 1 is 1.06 bits per heavy atom. The molecule has 34 heavy (non-hydrogen) atoms. The molecule has 6 N–H and O–H groups in total. The highest BCUT2D eigenvalue weighted by molar-refractivity contribution is 6.07. The number of benzene rings is 2. The minimum Gasteiger partial charge on any atom is -0.491 e. The van der Waals surface area contributed by atoms with Crippen molar-refractivity contribution < 1.29 is 39.4 Å². The van der Waals surface area contributed by atoms with Gasteiger partial charge in [-0.3, -0.25) is 0 Å². The minimum absolute atomic E-state index is 0.0660. The lowest BCUT2D eigenvalue weighted by molar-refractivity contribution is -0.305. The maximum absolute atomic E-state index is 11.4. The first-order valence-electron chi connectivity index (χ1n) is 11.2. The van der Waals surface area contributed by atoms with Gasteiger partial charge in [0.15, 0.2) is 12.4 Å². The molecule has 0 saturated carbocycles. The highest BCUT2D eigenvalue weighted by Crippen LogP contribution is 2.29. The van der Waals surface area contributed by atoms with Crippen LogP contribution in [0.2, 0.25) is 0 Å². The second-order valence-electron chi connectivity index (χ2n) is 8.75. The van der Waals surface area contributed by atoms with Crippen molar-refractivity contribution in [3.05, 3.63) is 42.5 Å². The Morgan fingerprint density at radius 2 is 1.79 bits per heavy atom. The Labute approximate surface area is 196 Å². The van der Waals surface area contributed by atoms with Crippen molar-refractivity contribution in [3.8, 4) is 5.75 Å². The van der Waals surface area contributed by atoms with Crippen LogP contribution in [-0.2, 0) is 14.3 Å². The van der Waals surface area contributed by atoms with Crippen LogP contribution in [0, 0.1) is 0 Å². The Hall–Kier alpha value is -2.73. The maximum atomic E-state index is 11.4. The molecule has 10 heteroatoms.